The van der Waals surface area contributed by atoms with Crippen molar-refractivity contribution in [2.45, 2.75) is 18.6 Å². The minimum absolute atomic E-state index is 0.116. The summed E-state index contributed by atoms with van der Waals surface area (Å²) in [5.74, 6) is -2.11. The first-order chi connectivity index (χ1) is 9.81. The molecule has 2 rings (SSSR count). The van der Waals surface area contributed by atoms with E-state index < -0.39 is 34.6 Å². The maximum atomic E-state index is 12.4. The number of likely N-dealkylation sites (tertiary alicyclic amines) is 1. The first-order valence-corrected chi connectivity index (χ1v) is 6.35. The molecule has 1 saturated heterocycles. The highest BCUT2D eigenvalue weighted by molar-refractivity contribution is 6.31. The van der Waals surface area contributed by atoms with Crippen LogP contribution in [0.2, 0.25) is 5.02 Å². The fourth-order valence-electron chi connectivity index (χ4n) is 2.27. The lowest BCUT2D eigenvalue weighted by Crippen LogP contribution is -2.40. The van der Waals surface area contributed by atoms with Crippen LogP contribution in [0, 0.1) is 10.1 Å². The van der Waals surface area contributed by atoms with Gasteiger partial charge in [-0.15, -0.1) is 0 Å². The van der Waals surface area contributed by atoms with Crippen molar-refractivity contribution in [1.29, 1.82) is 0 Å². The molecule has 21 heavy (non-hydrogen) atoms. The van der Waals surface area contributed by atoms with Gasteiger partial charge in [0.05, 0.1) is 11.0 Å². The maximum Gasteiger partial charge on any atom is 0.326 e. The van der Waals surface area contributed by atoms with E-state index in [2.05, 4.69) is 0 Å². The van der Waals surface area contributed by atoms with E-state index in [1.165, 1.54) is 6.07 Å². The molecule has 2 atom stereocenters. The second-order valence-electron chi connectivity index (χ2n) is 4.62. The zero-order valence-corrected chi connectivity index (χ0v) is 11.4. The van der Waals surface area contributed by atoms with E-state index in [0.717, 1.165) is 17.0 Å². The molecule has 1 aromatic carbocycles. The lowest BCUT2D eigenvalue weighted by molar-refractivity contribution is -0.385. The lowest BCUT2D eigenvalue weighted by atomic mass is 10.1. The van der Waals surface area contributed by atoms with E-state index in [4.69, 9.17) is 16.7 Å². The molecule has 1 amide bonds. The van der Waals surface area contributed by atoms with Crippen LogP contribution in [0.1, 0.15) is 16.8 Å². The molecule has 1 fully saturated rings. The molecular weight excluding hydrogens is 304 g/mol. The molecule has 0 bridgehead atoms. The number of aliphatic hydroxyl groups excluding tert-OH is 1. The first-order valence-electron chi connectivity index (χ1n) is 5.97. The number of hydrogen-bond acceptors (Lipinski definition) is 5. The van der Waals surface area contributed by atoms with Gasteiger partial charge in [0.15, 0.2) is 0 Å². The highest BCUT2D eigenvalue weighted by Gasteiger charge is 2.40. The molecule has 1 aliphatic heterocycles. The molecule has 1 aliphatic rings. The Kier molecular flexibility index (Phi) is 4.10. The third-order valence-electron chi connectivity index (χ3n) is 3.21. The third kappa shape index (κ3) is 2.96. The smallest absolute Gasteiger partial charge is 0.326 e. The Labute approximate surface area is 123 Å². The number of β-amino-alcohol motifs (C(OH)–C–C–N with tert-alkyl or cyclic N) is 1. The number of hydrogen-bond donors (Lipinski definition) is 2. The SMILES string of the molecule is O=C(O)C1CC(O)CN1C(=O)c1cc(Cl)ccc1[N+](=O)[O-]. The molecule has 0 saturated carbocycles. The molecule has 0 aliphatic carbocycles. The minimum Gasteiger partial charge on any atom is -0.480 e. The van der Waals surface area contributed by atoms with Gasteiger partial charge < -0.3 is 15.1 Å². The fourth-order valence-corrected chi connectivity index (χ4v) is 2.44. The number of halogens is 1. The monoisotopic (exact) mass is 314 g/mol. The van der Waals surface area contributed by atoms with E-state index in [9.17, 15) is 24.8 Å². The summed E-state index contributed by atoms with van der Waals surface area (Å²) in [7, 11) is 0. The van der Waals surface area contributed by atoms with E-state index in [0.29, 0.717) is 0 Å². The molecule has 2 N–H and O–H groups in total. The van der Waals surface area contributed by atoms with Crippen LogP contribution < -0.4 is 0 Å². The molecular formula is C12H11ClN2O6. The van der Waals surface area contributed by atoms with Crippen LogP contribution >= 0.6 is 11.6 Å². The number of nitrogens with zero attached hydrogens (tertiary/aromatic N) is 2. The summed E-state index contributed by atoms with van der Waals surface area (Å²) >= 11 is 5.74. The number of benzene rings is 1. The number of carboxylic acids is 1. The molecule has 0 aromatic heterocycles. The number of carbonyl (C=O) groups excluding carboxylic acids is 1. The standard InChI is InChI=1S/C12H11ClN2O6/c13-6-1-2-9(15(20)21)8(3-6)11(17)14-5-7(16)4-10(14)12(18)19/h1-3,7,10,16H,4-5H2,(H,18,19). The van der Waals surface area contributed by atoms with Gasteiger partial charge in [-0.3, -0.25) is 14.9 Å². The lowest BCUT2D eigenvalue weighted by Gasteiger charge is -2.21. The Morgan fingerprint density at radius 2 is 2.10 bits per heavy atom. The van der Waals surface area contributed by atoms with Gasteiger partial charge in [-0.2, -0.15) is 0 Å². The van der Waals surface area contributed by atoms with E-state index in [1.54, 1.807) is 0 Å². The van der Waals surface area contributed by atoms with Gasteiger partial charge in [-0.1, -0.05) is 11.6 Å². The fraction of sp³-hybridized carbons (Fsp3) is 0.333. The van der Waals surface area contributed by atoms with Crippen molar-refractivity contribution < 1.29 is 24.7 Å². The van der Waals surface area contributed by atoms with Gasteiger partial charge in [-0.25, -0.2) is 4.79 Å². The zero-order valence-electron chi connectivity index (χ0n) is 10.6. The van der Waals surface area contributed by atoms with Crippen LogP contribution in [0.3, 0.4) is 0 Å². The Morgan fingerprint density at radius 3 is 2.67 bits per heavy atom. The average Bonchev–Trinajstić information content (AvgIpc) is 2.79. The highest BCUT2D eigenvalue weighted by Crippen LogP contribution is 2.27. The molecule has 9 heteroatoms. The highest BCUT2D eigenvalue weighted by atomic mass is 35.5. The van der Waals surface area contributed by atoms with Gasteiger partial charge >= 0.3 is 5.97 Å². The molecule has 8 nitrogen and oxygen atoms in total. The van der Waals surface area contributed by atoms with Gasteiger partial charge in [-0.05, 0) is 12.1 Å². The first kappa shape index (κ1) is 15.2. The Bertz CT molecular complexity index is 620. The number of aliphatic hydroxyl groups is 1. The predicted molar refractivity (Wildman–Crippen MR) is 71.2 cm³/mol. The molecule has 1 aromatic rings. The number of carbonyl (C=O) groups is 2. The van der Waals surface area contributed by atoms with Crippen molar-refractivity contribution in [3.63, 3.8) is 0 Å². The van der Waals surface area contributed by atoms with Crippen molar-refractivity contribution in [3.05, 3.63) is 38.9 Å². The summed E-state index contributed by atoms with van der Waals surface area (Å²) in [4.78, 5) is 34.6. The van der Waals surface area contributed by atoms with Crippen molar-refractivity contribution in [2.24, 2.45) is 0 Å². The van der Waals surface area contributed by atoms with Gasteiger partial charge in [0, 0.05) is 24.1 Å². The second kappa shape index (κ2) is 5.66. The van der Waals surface area contributed by atoms with Crippen molar-refractivity contribution in [3.8, 4) is 0 Å². The number of aliphatic carboxylic acids is 1. The van der Waals surface area contributed by atoms with E-state index in [1.807, 2.05) is 0 Å². The zero-order chi connectivity index (χ0) is 15.7. The van der Waals surface area contributed by atoms with Crippen molar-refractivity contribution in [2.75, 3.05) is 6.54 Å². The minimum atomic E-state index is -1.27. The number of nitro benzene ring substituents is 1. The molecule has 1 heterocycles. The Balaban J connectivity index is 2.42. The third-order valence-corrected chi connectivity index (χ3v) is 3.45. The largest absolute Gasteiger partial charge is 0.480 e. The summed E-state index contributed by atoms with van der Waals surface area (Å²) in [5, 5.41) is 29.7. The quantitative estimate of drug-likeness (QED) is 0.631. The molecule has 0 radical (unpaired) electrons. The molecule has 0 spiro atoms. The van der Waals surface area contributed by atoms with Crippen molar-refractivity contribution in [1.82, 2.24) is 4.90 Å². The van der Waals surface area contributed by atoms with Crippen LogP contribution in [-0.2, 0) is 4.79 Å². The topological polar surface area (TPSA) is 121 Å². The van der Waals surface area contributed by atoms with Crippen LogP contribution in [-0.4, -0.2) is 50.6 Å². The average molecular weight is 315 g/mol. The van der Waals surface area contributed by atoms with Gasteiger partial charge in [0.2, 0.25) is 0 Å². The number of amides is 1. The van der Waals surface area contributed by atoms with Crippen LogP contribution in [0.5, 0.6) is 0 Å². The van der Waals surface area contributed by atoms with Gasteiger partial charge in [0.1, 0.15) is 11.6 Å². The number of rotatable bonds is 3. The Morgan fingerprint density at radius 1 is 1.43 bits per heavy atom. The second-order valence-corrected chi connectivity index (χ2v) is 5.06. The van der Waals surface area contributed by atoms with Crippen LogP contribution in [0.25, 0.3) is 0 Å². The predicted octanol–water partition coefficient (Wildman–Crippen LogP) is 0.908. The summed E-state index contributed by atoms with van der Waals surface area (Å²) in [5.41, 5.74) is -0.761. The van der Waals surface area contributed by atoms with Crippen molar-refractivity contribution >= 4 is 29.2 Å². The van der Waals surface area contributed by atoms with Gasteiger partial charge in [0.25, 0.3) is 11.6 Å². The Hall–Kier alpha value is -2.19. The summed E-state index contributed by atoms with van der Waals surface area (Å²) in [6, 6.07) is 2.25. The van der Waals surface area contributed by atoms with Crippen LogP contribution in [0.4, 0.5) is 5.69 Å². The van der Waals surface area contributed by atoms with E-state index >= 15 is 0 Å². The molecule has 2 unspecified atom stereocenters. The number of nitro groups is 1. The maximum absolute atomic E-state index is 12.4. The van der Waals surface area contributed by atoms with Crippen LogP contribution in [0.15, 0.2) is 18.2 Å². The normalized spacial score (nSPS) is 21.3. The summed E-state index contributed by atoms with van der Waals surface area (Å²) in [6.45, 7) is -0.195. The summed E-state index contributed by atoms with van der Waals surface area (Å²) < 4.78 is 0. The molecule has 112 valence electrons. The summed E-state index contributed by atoms with van der Waals surface area (Å²) in [6.07, 6.45) is -1.09. The van der Waals surface area contributed by atoms with E-state index in [-0.39, 0.29) is 23.6 Å². The number of carboxylic acid groups (broad SMARTS) is 1.